The average Bonchev–Trinajstić information content (AvgIpc) is 2.90. The second-order valence-electron chi connectivity index (χ2n) is 4.10. The molecule has 0 unspecified atom stereocenters. The molecule has 0 aliphatic heterocycles. The highest BCUT2D eigenvalue weighted by atomic mass is 32.1. The number of amides is 1. The molecule has 1 aromatic carbocycles. The molecule has 2 rings (SSSR count). The lowest BCUT2D eigenvalue weighted by Crippen LogP contribution is -2.26. The van der Waals surface area contributed by atoms with Crippen LogP contribution >= 0.6 is 11.3 Å². The summed E-state index contributed by atoms with van der Waals surface area (Å²) in [5, 5.41) is 10.1. The largest absolute Gasteiger partial charge is 0.476 e. The number of rotatable bonds is 4. The third kappa shape index (κ3) is 3.00. The van der Waals surface area contributed by atoms with Crippen LogP contribution in [-0.2, 0) is 6.54 Å². The summed E-state index contributed by atoms with van der Waals surface area (Å²) >= 11 is 0.952. The smallest absolute Gasteiger partial charge is 0.355 e. The van der Waals surface area contributed by atoms with Crippen LogP contribution in [0.25, 0.3) is 0 Å². The molecule has 0 radical (unpaired) electrons. The zero-order chi connectivity index (χ0) is 14.7. The molecule has 0 atom stereocenters. The van der Waals surface area contributed by atoms with Gasteiger partial charge in [-0.1, -0.05) is 18.2 Å². The van der Waals surface area contributed by atoms with Gasteiger partial charge in [0.2, 0.25) is 0 Å². The van der Waals surface area contributed by atoms with Gasteiger partial charge in [-0.15, -0.1) is 11.3 Å². The summed E-state index contributed by atoms with van der Waals surface area (Å²) in [5.41, 5.74) is 0.219. The summed E-state index contributed by atoms with van der Waals surface area (Å²) in [6, 6.07) is 6.16. The van der Waals surface area contributed by atoms with E-state index in [-0.39, 0.29) is 17.2 Å². The van der Waals surface area contributed by atoms with E-state index in [1.807, 2.05) is 0 Å². The van der Waals surface area contributed by atoms with Crippen LogP contribution in [0.4, 0.5) is 4.39 Å². The van der Waals surface area contributed by atoms with Gasteiger partial charge in [-0.25, -0.2) is 14.2 Å². The molecule has 0 fully saturated rings. The molecule has 1 N–H and O–H groups in total. The van der Waals surface area contributed by atoms with Gasteiger partial charge in [-0.2, -0.15) is 0 Å². The first kappa shape index (κ1) is 14.1. The molecule has 5 nitrogen and oxygen atoms in total. The molecule has 1 aromatic heterocycles. The van der Waals surface area contributed by atoms with E-state index in [9.17, 15) is 14.0 Å². The van der Waals surface area contributed by atoms with Crippen molar-refractivity contribution in [1.29, 1.82) is 0 Å². The Hall–Kier alpha value is -2.28. The minimum atomic E-state index is -1.18. The molecule has 20 heavy (non-hydrogen) atoms. The molecule has 0 saturated heterocycles. The molecule has 0 aliphatic rings. The Labute approximate surface area is 118 Å². The molecule has 1 amide bonds. The van der Waals surface area contributed by atoms with E-state index in [0.29, 0.717) is 5.56 Å². The number of benzene rings is 1. The number of carboxylic acids is 1. The molecule has 104 valence electrons. The minimum Gasteiger partial charge on any atom is -0.476 e. The number of aromatic carboxylic acids is 1. The van der Waals surface area contributed by atoms with Crippen LogP contribution in [-0.4, -0.2) is 33.9 Å². The first-order valence-corrected chi connectivity index (χ1v) is 6.54. The van der Waals surface area contributed by atoms with Crippen LogP contribution in [0.15, 0.2) is 29.6 Å². The molecule has 0 aliphatic carbocycles. The van der Waals surface area contributed by atoms with Crippen molar-refractivity contribution in [2.24, 2.45) is 0 Å². The van der Waals surface area contributed by atoms with Crippen LogP contribution in [0, 0.1) is 5.82 Å². The second-order valence-corrected chi connectivity index (χ2v) is 4.95. The van der Waals surface area contributed by atoms with Gasteiger partial charge in [0.05, 0.1) is 0 Å². The van der Waals surface area contributed by atoms with Crippen molar-refractivity contribution in [3.63, 3.8) is 0 Å². The molecule has 0 saturated carbocycles. The molecule has 2 aromatic rings. The number of thiazole rings is 1. The van der Waals surface area contributed by atoms with Crippen LogP contribution in [0.3, 0.4) is 0 Å². The molecule has 1 heterocycles. The van der Waals surface area contributed by atoms with Crippen molar-refractivity contribution in [2.45, 2.75) is 6.54 Å². The van der Waals surface area contributed by atoms with Crippen molar-refractivity contribution in [3.05, 3.63) is 51.7 Å². The number of carboxylic acid groups (broad SMARTS) is 1. The summed E-state index contributed by atoms with van der Waals surface area (Å²) in [4.78, 5) is 27.8. The molecular formula is C13H11FN2O3S. The van der Waals surface area contributed by atoms with E-state index in [1.165, 1.54) is 23.4 Å². The van der Waals surface area contributed by atoms with Crippen molar-refractivity contribution in [2.75, 3.05) is 7.05 Å². The normalized spacial score (nSPS) is 10.3. The fourth-order valence-corrected chi connectivity index (χ4v) is 2.37. The van der Waals surface area contributed by atoms with E-state index in [1.54, 1.807) is 18.2 Å². The standard InChI is InChI=1S/C13H11FN2O3S/c1-16(6-8-4-2-3-5-9(8)14)12(17)11-15-10(7-20-11)13(18)19/h2-5,7H,6H2,1H3,(H,18,19). The highest BCUT2D eigenvalue weighted by molar-refractivity contribution is 7.11. The van der Waals surface area contributed by atoms with Crippen molar-refractivity contribution < 1.29 is 19.1 Å². The summed E-state index contributed by atoms with van der Waals surface area (Å²) < 4.78 is 13.5. The number of aromatic nitrogens is 1. The van der Waals surface area contributed by atoms with Gasteiger partial charge in [-0.3, -0.25) is 4.79 Å². The number of hydrogen-bond acceptors (Lipinski definition) is 4. The lowest BCUT2D eigenvalue weighted by atomic mass is 10.2. The number of nitrogens with zero attached hydrogens (tertiary/aromatic N) is 2. The van der Waals surface area contributed by atoms with E-state index in [2.05, 4.69) is 4.98 Å². The zero-order valence-corrected chi connectivity index (χ0v) is 11.4. The summed E-state index contributed by atoms with van der Waals surface area (Å²) in [7, 11) is 1.51. The molecule has 7 heteroatoms. The van der Waals surface area contributed by atoms with E-state index >= 15 is 0 Å². The monoisotopic (exact) mass is 294 g/mol. The Morgan fingerprint density at radius 1 is 1.40 bits per heavy atom. The minimum absolute atomic E-state index is 0.0706. The molecule has 0 spiro atoms. The lowest BCUT2D eigenvalue weighted by molar-refractivity contribution is 0.0691. The lowest BCUT2D eigenvalue weighted by Gasteiger charge is -2.16. The van der Waals surface area contributed by atoms with E-state index < -0.39 is 17.7 Å². The maximum atomic E-state index is 13.5. The van der Waals surface area contributed by atoms with Crippen molar-refractivity contribution >= 4 is 23.2 Å². The SMILES string of the molecule is CN(Cc1ccccc1F)C(=O)c1nc(C(=O)O)cs1. The number of halogens is 1. The van der Waals surface area contributed by atoms with E-state index in [4.69, 9.17) is 5.11 Å². The fraction of sp³-hybridized carbons (Fsp3) is 0.154. The number of carbonyl (C=O) groups is 2. The first-order chi connectivity index (χ1) is 9.49. The third-order valence-corrected chi connectivity index (χ3v) is 3.45. The van der Waals surface area contributed by atoms with Gasteiger partial charge in [0.25, 0.3) is 5.91 Å². The fourth-order valence-electron chi connectivity index (χ4n) is 1.59. The Morgan fingerprint density at radius 2 is 2.10 bits per heavy atom. The highest BCUT2D eigenvalue weighted by Crippen LogP contribution is 2.15. The highest BCUT2D eigenvalue weighted by Gasteiger charge is 2.19. The van der Waals surface area contributed by atoms with Crippen molar-refractivity contribution in [3.8, 4) is 0 Å². The zero-order valence-electron chi connectivity index (χ0n) is 10.5. The van der Waals surface area contributed by atoms with Gasteiger partial charge in [0.1, 0.15) is 5.82 Å². The maximum Gasteiger partial charge on any atom is 0.355 e. The van der Waals surface area contributed by atoms with Crippen molar-refractivity contribution in [1.82, 2.24) is 9.88 Å². The predicted molar refractivity (Wildman–Crippen MR) is 71.3 cm³/mol. The Kier molecular flexibility index (Phi) is 4.09. The maximum absolute atomic E-state index is 13.5. The Bertz CT molecular complexity index is 657. The van der Waals surface area contributed by atoms with E-state index in [0.717, 1.165) is 11.3 Å². The molecular weight excluding hydrogens is 283 g/mol. The average molecular weight is 294 g/mol. The number of carbonyl (C=O) groups excluding carboxylic acids is 1. The number of hydrogen-bond donors (Lipinski definition) is 1. The molecule has 0 bridgehead atoms. The predicted octanol–water partition coefficient (Wildman–Crippen LogP) is 2.25. The Morgan fingerprint density at radius 3 is 2.70 bits per heavy atom. The third-order valence-electron chi connectivity index (χ3n) is 2.62. The van der Waals surface area contributed by atoms with Crippen LogP contribution in [0.1, 0.15) is 25.9 Å². The van der Waals surface area contributed by atoms with Crippen LogP contribution < -0.4 is 0 Å². The van der Waals surface area contributed by atoms with Gasteiger partial charge in [0.15, 0.2) is 10.7 Å². The van der Waals surface area contributed by atoms with Crippen LogP contribution in [0.5, 0.6) is 0 Å². The first-order valence-electron chi connectivity index (χ1n) is 5.66. The quantitative estimate of drug-likeness (QED) is 0.939. The summed E-state index contributed by atoms with van der Waals surface area (Å²) in [6.45, 7) is 0.0908. The Balaban J connectivity index is 2.12. The van der Waals surface area contributed by atoms with Gasteiger partial charge >= 0.3 is 5.97 Å². The van der Waals surface area contributed by atoms with Crippen LogP contribution in [0.2, 0.25) is 0 Å². The summed E-state index contributed by atoms with van der Waals surface area (Å²) in [6.07, 6.45) is 0. The summed E-state index contributed by atoms with van der Waals surface area (Å²) in [5.74, 6) is -2.01. The second kappa shape index (κ2) is 5.79. The van der Waals surface area contributed by atoms with Gasteiger partial charge < -0.3 is 10.0 Å². The van der Waals surface area contributed by atoms with Gasteiger partial charge in [-0.05, 0) is 6.07 Å². The van der Waals surface area contributed by atoms with Gasteiger partial charge in [0, 0.05) is 24.5 Å². The topological polar surface area (TPSA) is 70.5 Å².